The summed E-state index contributed by atoms with van der Waals surface area (Å²) in [6.45, 7) is 3.68. The molecule has 0 atom stereocenters. The third-order valence-corrected chi connectivity index (χ3v) is 3.57. The Labute approximate surface area is 156 Å². The van der Waals surface area contributed by atoms with E-state index in [2.05, 4.69) is 5.32 Å². The van der Waals surface area contributed by atoms with Crippen LogP contribution in [0.1, 0.15) is 29.3 Å². The van der Waals surface area contributed by atoms with Crippen molar-refractivity contribution < 1.29 is 24.0 Å². The number of benzene rings is 2. The fraction of sp³-hybridized carbons (Fsp3) is 0.263. The van der Waals surface area contributed by atoms with Gasteiger partial charge in [0.1, 0.15) is 5.75 Å². The van der Waals surface area contributed by atoms with Gasteiger partial charge < -0.3 is 14.8 Å². The molecule has 2 aromatic carbocycles. The average Bonchev–Trinajstić information content (AvgIpc) is 2.65. The lowest BCUT2D eigenvalue weighted by Gasteiger charge is -2.10. The summed E-state index contributed by atoms with van der Waals surface area (Å²) in [7, 11) is 0. The molecule has 0 radical (unpaired) electrons. The standard InChI is InChI=1S/C19H20N2O6/c1-3-10-26-19(23)14-4-6-15(7-5-14)20-18(22)12-27-17-9-8-16(21(24)25)11-13(17)2/h4-9,11H,3,10,12H2,1-2H3,(H,20,22). The van der Waals surface area contributed by atoms with Crippen molar-refractivity contribution in [3.8, 4) is 5.75 Å². The van der Waals surface area contributed by atoms with Crippen LogP contribution in [0.25, 0.3) is 0 Å². The van der Waals surface area contributed by atoms with Crippen molar-refractivity contribution in [2.45, 2.75) is 20.3 Å². The molecule has 0 saturated heterocycles. The van der Waals surface area contributed by atoms with Gasteiger partial charge in [0.15, 0.2) is 6.61 Å². The fourth-order valence-electron chi connectivity index (χ4n) is 2.22. The molecular formula is C19H20N2O6. The monoisotopic (exact) mass is 372 g/mol. The molecule has 2 rings (SSSR count). The zero-order chi connectivity index (χ0) is 19.8. The van der Waals surface area contributed by atoms with Crippen molar-refractivity contribution in [3.63, 3.8) is 0 Å². The second-order valence-corrected chi connectivity index (χ2v) is 5.76. The lowest BCUT2D eigenvalue weighted by molar-refractivity contribution is -0.384. The maximum absolute atomic E-state index is 12.0. The number of carbonyl (C=O) groups excluding carboxylic acids is 2. The fourth-order valence-corrected chi connectivity index (χ4v) is 2.22. The number of esters is 1. The minimum absolute atomic E-state index is 0.0399. The van der Waals surface area contributed by atoms with Crippen LogP contribution in [0, 0.1) is 17.0 Å². The van der Waals surface area contributed by atoms with Crippen molar-refractivity contribution in [2.24, 2.45) is 0 Å². The number of anilines is 1. The van der Waals surface area contributed by atoms with Crippen molar-refractivity contribution in [1.29, 1.82) is 0 Å². The molecule has 8 nitrogen and oxygen atoms in total. The van der Waals surface area contributed by atoms with E-state index in [1.165, 1.54) is 18.2 Å². The number of hydrogen-bond acceptors (Lipinski definition) is 6. The number of nitrogens with one attached hydrogen (secondary N) is 1. The van der Waals surface area contributed by atoms with Gasteiger partial charge in [0.2, 0.25) is 0 Å². The molecular weight excluding hydrogens is 352 g/mol. The number of non-ortho nitro benzene ring substituents is 1. The van der Waals surface area contributed by atoms with Crippen LogP contribution in [0.4, 0.5) is 11.4 Å². The minimum atomic E-state index is -0.495. The molecule has 0 fully saturated rings. The first-order chi connectivity index (χ1) is 12.9. The first-order valence-corrected chi connectivity index (χ1v) is 8.35. The zero-order valence-corrected chi connectivity index (χ0v) is 15.1. The van der Waals surface area contributed by atoms with E-state index in [1.807, 2.05) is 6.92 Å². The van der Waals surface area contributed by atoms with Gasteiger partial charge in [-0.2, -0.15) is 0 Å². The maximum Gasteiger partial charge on any atom is 0.338 e. The zero-order valence-electron chi connectivity index (χ0n) is 15.1. The van der Waals surface area contributed by atoms with Crippen LogP contribution in [0.2, 0.25) is 0 Å². The first kappa shape index (κ1) is 19.9. The highest BCUT2D eigenvalue weighted by Gasteiger charge is 2.11. The summed E-state index contributed by atoms with van der Waals surface area (Å²) in [6.07, 6.45) is 0.744. The highest BCUT2D eigenvalue weighted by Crippen LogP contribution is 2.23. The van der Waals surface area contributed by atoms with E-state index < -0.39 is 16.8 Å². The normalized spacial score (nSPS) is 10.1. The van der Waals surface area contributed by atoms with Gasteiger partial charge in [-0.1, -0.05) is 6.92 Å². The molecule has 0 aliphatic rings. The highest BCUT2D eigenvalue weighted by atomic mass is 16.6. The van der Waals surface area contributed by atoms with E-state index in [1.54, 1.807) is 31.2 Å². The minimum Gasteiger partial charge on any atom is -0.483 e. The van der Waals surface area contributed by atoms with Crippen molar-refractivity contribution in [3.05, 3.63) is 63.7 Å². The van der Waals surface area contributed by atoms with E-state index in [0.29, 0.717) is 29.2 Å². The number of aryl methyl sites for hydroxylation is 1. The topological polar surface area (TPSA) is 108 Å². The molecule has 0 aliphatic heterocycles. The predicted octanol–water partition coefficient (Wildman–Crippen LogP) is 3.49. The van der Waals surface area contributed by atoms with Gasteiger partial charge in [-0.05, 0) is 49.2 Å². The lowest BCUT2D eigenvalue weighted by Crippen LogP contribution is -2.20. The van der Waals surface area contributed by atoms with Crippen LogP contribution < -0.4 is 10.1 Å². The quantitative estimate of drug-likeness (QED) is 0.432. The smallest absolute Gasteiger partial charge is 0.338 e. The third-order valence-electron chi connectivity index (χ3n) is 3.57. The van der Waals surface area contributed by atoms with Crippen LogP contribution in [-0.2, 0) is 9.53 Å². The number of nitro groups is 1. The summed E-state index contributed by atoms with van der Waals surface area (Å²) >= 11 is 0. The number of nitrogens with zero attached hydrogens (tertiary/aromatic N) is 1. The summed E-state index contributed by atoms with van der Waals surface area (Å²) in [5, 5.41) is 13.4. The van der Waals surface area contributed by atoms with E-state index >= 15 is 0 Å². The second kappa shape index (κ2) is 9.33. The van der Waals surface area contributed by atoms with Crippen molar-refractivity contribution in [1.82, 2.24) is 0 Å². The Kier molecular flexibility index (Phi) is 6.87. The number of carbonyl (C=O) groups is 2. The Bertz CT molecular complexity index is 833. The molecule has 0 heterocycles. The number of ether oxygens (including phenoxy) is 2. The molecule has 8 heteroatoms. The van der Waals surface area contributed by atoms with Gasteiger partial charge in [0.25, 0.3) is 11.6 Å². The van der Waals surface area contributed by atoms with Gasteiger partial charge in [-0.25, -0.2) is 4.79 Å². The Hall–Kier alpha value is -3.42. The highest BCUT2D eigenvalue weighted by molar-refractivity contribution is 5.93. The van der Waals surface area contributed by atoms with Crippen LogP contribution in [-0.4, -0.2) is 30.0 Å². The first-order valence-electron chi connectivity index (χ1n) is 8.35. The average molecular weight is 372 g/mol. The van der Waals surface area contributed by atoms with Crippen LogP contribution in [0.3, 0.4) is 0 Å². The molecule has 0 bridgehead atoms. The van der Waals surface area contributed by atoms with Gasteiger partial charge in [-0.15, -0.1) is 0 Å². The van der Waals surface area contributed by atoms with Gasteiger partial charge >= 0.3 is 5.97 Å². The summed E-state index contributed by atoms with van der Waals surface area (Å²) in [6, 6.07) is 10.5. The largest absolute Gasteiger partial charge is 0.483 e. The van der Waals surface area contributed by atoms with E-state index in [4.69, 9.17) is 9.47 Å². The Balaban J connectivity index is 1.88. The molecule has 142 valence electrons. The van der Waals surface area contributed by atoms with Crippen molar-refractivity contribution in [2.75, 3.05) is 18.5 Å². The summed E-state index contributed by atoms with van der Waals surface area (Å²) in [5.41, 5.74) is 1.43. The molecule has 0 unspecified atom stereocenters. The molecule has 0 saturated carbocycles. The number of rotatable bonds is 8. The lowest BCUT2D eigenvalue weighted by atomic mass is 10.2. The Morgan fingerprint density at radius 1 is 1.15 bits per heavy atom. The number of hydrogen-bond donors (Lipinski definition) is 1. The van der Waals surface area contributed by atoms with Crippen LogP contribution in [0.15, 0.2) is 42.5 Å². The van der Waals surface area contributed by atoms with Gasteiger partial charge in [0.05, 0.1) is 17.1 Å². The molecule has 1 N–H and O–H groups in total. The van der Waals surface area contributed by atoms with Gasteiger partial charge in [0, 0.05) is 17.8 Å². The molecule has 2 aromatic rings. The molecule has 1 amide bonds. The SMILES string of the molecule is CCCOC(=O)c1ccc(NC(=O)COc2ccc([N+](=O)[O-])cc2C)cc1. The summed E-state index contributed by atoms with van der Waals surface area (Å²) in [5.74, 6) is -0.412. The van der Waals surface area contributed by atoms with E-state index in [0.717, 1.165) is 6.42 Å². The molecule has 27 heavy (non-hydrogen) atoms. The second-order valence-electron chi connectivity index (χ2n) is 5.76. The van der Waals surface area contributed by atoms with Crippen LogP contribution in [0.5, 0.6) is 5.75 Å². The molecule has 0 aromatic heterocycles. The predicted molar refractivity (Wildman–Crippen MR) is 99.0 cm³/mol. The molecule has 0 spiro atoms. The maximum atomic E-state index is 12.0. The summed E-state index contributed by atoms with van der Waals surface area (Å²) < 4.78 is 10.4. The van der Waals surface area contributed by atoms with E-state index in [-0.39, 0.29) is 12.3 Å². The summed E-state index contributed by atoms with van der Waals surface area (Å²) in [4.78, 5) is 33.9. The molecule has 0 aliphatic carbocycles. The van der Waals surface area contributed by atoms with Gasteiger partial charge in [-0.3, -0.25) is 14.9 Å². The Morgan fingerprint density at radius 3 is 2.44 bits per heavy atom. The van der Waals surface area contributed by atoms with Crippen molar-refractivity contribution >= 4 is 23.3 Å². The third kappa shape index (κ3) is 5.81. The van der Waals surface area contributed by atoms with Crippen LogP contribution >= 0.6 is 0 Å². The number of nitro benzene ring substituents is 1. The number of amides is 1. The van der Waals surface area contributed by atoms with E-state index in [9.17, 15) is 19.7 Å². The Morgan fingerprint density at radius 2 is 1.85 bits per heavy atom.